The summed E-state index contributed by atoms with van der Waals surface area (Å²) < 4.78 is 7.54. The van der Waals surface area contributed by atoms with Crippen molar-refractivity contribution in [1.29, 1.82) is 0 Å². The lowest BCUT2D eigenvalue weighted by atomic mass is 10.1. The highest BCUT2D eigenvalue weighted by Crippen LogP contribution is 2.24. The maximum Gasteiger partial charge on any atom is 0.250 e. The van der Waals surface area contributed by atoms with Gasteiger partial charge in [-0.3, -0.25) is 4.79 Å². The van der Waals surface area contributed by atoms with Crippen LogP contribution in [0.15, 0.2) is 65.6 Å². The first-order valence-corrected chi connectivity index (χ1v) is 7.02. The van der Waals surface area contributed by atoms with Gasteiger partial charge in [0.2, 0.25) is 0 Å². The molecule has 106 valence electrons. The molecule has 3 heteroatoms. The molecule has 0 aliphatic carbocycles. The van der Waals surface area contributed by atoms with E-state index in [1.807, 2.05) is 49.5 Å². The number of benzene rings is 2. The maximum atomic E-state index is 11.7. The lowest BCUT2D eigenvalue weighted by Crippen LogP contribution is -2.22. The molecule has 0 fully saturated rings. The van der Waals surface area contributed by atoms with Gasteiger partial charge in [-0.1, -0.05) is 42.5 Å². The summed E-state index contributed by atoms with van der Waals surface area (Å²) in [5.74, 6) is 0.855. The molecular weight excluding hydrogens is 262 g/mol. The first kappa shape index (κ1) is 13.4. The van der Waals surface area contributed by atoms with Gasteiger partial charge in [-0.2, -0.15) is 0 Å². The zero-order chi connectivity index (χ0) is 14.7. The third-order valence-electron chi connectivity index (χ3n) is 3.47. The molecule has 0 N–H and O–H groups in total. The smallest absolute Gasteiger partial charge is 0.250 e. The van der Waals surface area contributed by atoms with Gasteiger partial charge in [-0.15, -0.1) is 0 Å². The Morgan fingerprint density at radius 2 is 1.81 bits per heavy atom. The lowest BCUT2D eigenvalue weighted by Gasteiger charge is -2.11. The molecule has 0 amide bonds. The third-order valence-corrected chi connectivity index (χ3v) is 3.47. The van der Waals surface area contributed by atoms with Crippen molar-refractivity contribution < 1.29 is 4.74 Å². The Balaban J connectivity index is 1.75. The molecule has 2 aromatic carbocycles. The molecule has 1 heterocycles. The summed E-state index contributed by atoms with van der Waals surface area (Å²) in [7, 11) is 0. The number of ether oxygens (including phenoxy) is 1. The molecule has 21 heavy (non-hydrogen) atoms. The molecule has 1 aromatic heterocycles. The SMILES string of the molecule is Cc1ccc(=O)n(CCOc2cccc3ccccc23)c1. The van der Waals surface area contributed by atoms with Crippen LogP contribution in [0.1, 0.15) is 5.56 Å². The third kappa shape index (κ3) is 2.97. The van der Waals surface area contributed by atoms with Crippen molar-refractivity contribution in [1.82, 2.24) is 4.57 Å². The van der Waals surface area contributed by atoms with Crippen LogP contribution in [0, 0.1) is 6.92 Å². The summed E-state index contributed by atoms with van der Waals surface area (Å²) in [4.78, 5) is 11.7. The molecule has 3 rings (SSSR count). The summed E-state index contributed by atoms with van der Waals surface area (Å²) in [6.45, 7) is 2.99. The fourth-order valence-electron chi connectivity index (χ4n) is 2.40. The molecule has 0 saturated carbocycles. The van der Waals surface area contributed by atoms with Gasteiger partial charge in [-0.05, 0) is 23.9 Å². The highest BCUT2D eigenvalue weighted by molar-refractivity contribution is 5.88. The number of hydrogen-bond donors (Lipinski definition) is 0. The summed E-state index contributed by atoms with van der Waals surface area (Å²) in [6, 6.07) is 17.5. The second-order valence-electron chi connectivity index (χ2n) is 5.06. The average molecular weight is 279 g/mol. The van der Waals surface area contributed by atoms with E-state index in [9.17, 15) is 4.79 Å². The number of hydrogen-bond acceptors (Lipinski definition) is 2. The molecule has 0 aliphatic heterocycles. The quantitative estimate of drug-likeness (QED) is 0.733. The minimum atomic E-state index is 0.00196. The van der Waals surface area contributed by atoms with Crippen LogP contribution in [0.4, 0.5) is 0 Å². The number of fused-ring (bicyclic) bond motifs is 1. The molecule has 0 bridgehead atoms. The van der Waals surface area contributed by atoms with E-state index in [-0.39, 0.29) is 5.56 Å². The Bertz CT molecular complexity index is 815. The minimum absolute atomic E-state index is 0.00196. The average Bonchev–Trinajstić information content (AvgIpc) is 2.51. The fourth-order valence-corrected chi connectivity index (χ4v) is 2.40. The van der Waals surface area contributed by atoms with Crippen molar-refractivity contribution in [3.8, 4) is 5.75 Å². The molecule has 0 saturated heterocycles. The second-order valence-corrected chi connectivity index (χ2v) is 5.06. The summed E-state index contributed by atoms with van der Waals surface area (Å²) in [6.07, 6.45) is 1.86. The minimum Gasteiger partial charge on any atom is -0.491 e. The normalized spacial score (nSPS) is 10.7. The van der Waals surface area contributed by atoms with Crippen LogP contribution in [0.3, 0.4) is 0 Å². The van der Waals surface area contributed by atoms with E-state index in [1.54, 1.807) is 10.6 Å². The van der Waals surface area contributed by atoms with E-state index in [2.05, 4.69) is 12.1 Å². The number of aryl methyl sites for hydroxylation is 1. The van der Waals surface area contributed by atoms with Crippen molar-refractivity contribution in [2.24, 2.45) is 0 Å². The van der Waals surface area contributed by atoms with Crippen LogP contribution in [-0.2, 0) is 6.54 Å². The van der Waals surface area contributed by atoms with E-state index in [0.717, 1.165) is 22.1 Å². The fraction of sp³-hybridized carbons (Fsp3) is 0.167. The maximum absolute atomic E-state index is 11.7. The van der Waals surface area contributed by atoms with Gasteiger partial charge < -0.3 is 9.30 Å². The molecule has 0 unspecified atom stereocenters. The highest BCUT2D eigenvalue weighted by atomic mass is 16.5. The Morgan fingerprint density at radius 1 is 1.00 bits per heavy atom. The van der Waals surface area contributed by atoms with Crippen LogP contribution in [0.5, 0.6) is 5.75 Å². The lowest BCUT2D eigenvalue weighted by molar-refractivity contribution is 0.299. The summed E-state index contributed by atoms with van der Waals surface area (Å²) >= 11 is 0. The van der Waals surface area contributed by atoms with Crippen LogP contribution >= 0.6 is 0 Å². The largest absolute Gasteiger partial charge is 0.491 e. The first-order valence-electron chi connectivity index (χ1n) is 7.02. The Morgan fingerprint density at radius 3 is 2.71 bits per heavy atom. The molecular formula is C18H17NO2. The van der Waals surface area contributed by atoms with E-state index < -0.39 is 0 Å². The van der Waals surface area contributed by atoms with Crippen molar-refractivity contribution >= 4 is 10.8 Å². The number of pyridine rings is 1. The van der Waals surface area contributed by atoms with Crippen molar-refractivity contribution in [2.45, 2.75) is 13.5 Å². The topological polar surface area (TPSA) is 31.2 Å². The van der Waals surface area contributed by atoms with E-state index in [4.69, 9.17) is 4.74 Å². The van der Waals surface area contributed by atoms with E-state index >= 15 is 0 Å². The standard InChI is InChI=1S/C18H17NO2/c1-14-9-10-18(20)19(13-14)11-12-21-17-8-4-6-15-5-2-3-7-16(15)17/h2-10,13H,11-12H2,1H3. The first-order chi connectivity index (χ1) is 10.2. The van der Waals surface area contributed by atoms with Crippen molar-refractivity contribution in [3.05, 3.63) is 76.7 Å². The van der Waals surface area contributed by atoms with Gasteiger partial charge in [0, 0.05) is 17.6 Å². The van der Waals surface area contributed by atoms with E-state index in [1.165, 1.54) is 0 Å². The number of aromatic nitrogens is 1. The Labute approximate surface area is 123 Å². The molecule has 0 radical (unpaired) electrons. The molecule has 0 atom stereocenters. The zero-order valence-electron chi connectivity index (χ0n) is 12.0. The zero-order valence-corrected chi connectivity index (χ0v) is 12.0. The monoisotopic (exact) mass is 279 g/mol. The predicted octanol–water partition coefficient (Wildman–Crippen LogP) is 3.39. The highest BCUT2D eigenvalue weighted by Gasteiger charge is 2.02. The van der Waals surface area contributed by atoms with Crippen molar-refractivity contribution in [3.63, 3.8) is 0 Å². The van der Waals surface area contributed by atoms with E-state index in [0.29, 0.717) is 13.2 Å². The van der Waals surface area contributed by atoms with Crippen LogP contribution in [0.2, 0.25) is 0 Å². The van der Waals surface area contributed by atoms with Gasteiger partial charge >= 0.3 is 0 Å². The van der Waals surface area contributed by atoms with Crippen LogP contribution < -0.4 is 10.3 Å². The molecule has 3 aromatic rings. The van der Waals surface area contributed by atoms with Crippen LogP contribution in [0.25, 0.3) is 10.8 Å². The van der Waals surface area contributed by atoms with Gasteiger partial charge in [0.05, 0.1) is 6.54 Å². The Hall–Kier alpha value is -2.55. The number of nitrogens with zero attached hydrogens (tertiary/aromatic N) is 1. The molecule has 0 spiro atoms. The predicted molar refractivity (Wildman–Crippen MR) is 84.9 cm³/mol. The van der Waals surface area contributed by atoms with Crippen molar-refractivity contribution in [2.75, 3.05) is 6.61 Å². The van der Waals surface area contributed by atoms with Gasteiger partial charge in [0.1, 0.15) is 12.4 Å². The molecule has 3 nitrogen and oxygen atoms in total. The van der Waals surface area contributed by atoms with Gasteiger partial charge in [-0.25, -0.2) is 0 Å². The van der Waals surface area contributed by atoms with Gasteiger partial charge in [0.25, 0.3) is 5.56 Å². The summed E-state index contributed by atoms with van der Waals surface area (Å²) in [5, 5.41) is 2.25. The number of rotatable bonds is 4. The summed E-state index contributed by atoms with van der Waals surface area (Å²) in [5.41, 5.74) is 1.07. The second kappa shape index (κ2) is 5.83. The van der Waals surface area contributed by atoms with Crippen LogP contribution in [-0.4, -0.2) is 11.2 Å². The Kier molecular flexibility index (Phi) is 3.73. The van der Waals surface area contributed by atoms with Gasteiger partial charge in [0.15, 0.2) is 0 Å². The molecule has 0 aliphatic rings.